The Hall–Kier alpha value is 0.110. The van der Waals surface area contributed by atoms with Gasteiger partial charge in [-0.15, -0.1) is 0 Å². The number of hydrogen-bond acceptors (Lipinski definition) is 3. The minimum Gasteiger partial charge on any atom is -0.393 e. The van der Waals surface area contributed by atoms with Gasteiger partial charge in [-0.2, -0.15) is 0 Å². The molecule has 0 aliphatic rings. The summed E-state index contributed by atoms with van der Waals surface area (Å²) in [5.74, 6) is 0. The standard InChI is InChI=1S/C6H15O4P/c1-3-4-10-11(8,9)5-6(2)7/h6-7H,3-5H2,1-2H3,(H,8,9). The second kappa shape index (κ2) is 4.88. The van der Waals surface area contributed by atoms with Crippen LogP contribution >= 0.6 is 7.60 Å². The van der Waals surface area contributed by atoms with E-state index in [0.717, 1.165) is 0 Å². The normalized spacial score (nSPS) is 19.3. The first kappa shape index (κ1) is 11.1. The molecule has 11 heavy (non-hydrogen) atoms. The van der Waals surface area contributed by atoms with E-state index in [1.807, 2.05) is 6.92 Å². The molecule has 0 aromatic carbocycles. The van der Waals surface area contributed by atoms with Gasteiger partial charge in [0, 0.05) is 0 Å². The maximum absolute atomic E-state index is 11.0. The Morgan fingerprint density at radius 3 is 2.55 bits per heavy atom. The lowest BCUT2D eigenvalue weighted by Gasteiger charge is -2.12. The first-order valence-corrected chi connectivity index (χ1v) is 5.38. The Bertz CT molecular complexity index is 146. The monoisotopic (exact) mass is 182 g/mol. The molecule has 0 amide bonds. The minimum absolute atomic E-state index is 0.188. The molecule has 0 rings (SSSR count). The number of rotatable bonds is 5. The van der Waals surface area contributed by atoms with Gasteiger partial charge in [-0.3, -0.25) is 4.57 Å². The SMILES string of the molecule is CCCOP(=O)(O)CC(C)O. The molecule has 0 bridgehead atoms. The summed E-state index contributed by atoms with van der Waals surface area (Å²) in [5.41, 5.74) is 0. The molecular weight excluding hydrogens is 167 g/mol. The van der Waals surface area contributed by atoms with Gasteiger partial charge < -0.3 is 14.5 Å². The third-order valence-electron chi connectivity index (χ3n) is 0.992. The molecule has 0 aliphatic heterocycles. The fourth-order valence-electron chi connectivity index (χ4n) is 0.621. The predicted molar refractivity (Wildman–Crippen MR) is 42.6 cm³/mol. The summed E-state index contributed by atoms with van der Waals surface area (Å²) >= 11 is 0. The molecule has 4 nitrogen and oxygen atoms in total. The van der Waals surface area contributed by atoms with Crippen LogP contribution in [0, 0.1) is 0 Å². The van der Waals surface area contributed by atoms with Crippen LogP contribution in [0.3, 0.4) is 0 Å². The molecule has 0 aliphatic carbocycles. The summed E-state index contributed by atoms with van der Waals surface area (Å²) in [7, 11) is -3.52. The summed E-state index contributed by atoms with van der Waals surface area (Å²) in [6.07, 6.45) is -0.278. The highest BCUT2D eigenvalue weighted by molar-refractivity contribution is 7.52. The van der Waals surface area contributed by atoms with Crippen molar-refractivity contribution in [1.82, 2.24) is 0 Å². The van der Waals surface area contributed by atoms with Crippen LogP contribution in [-0.4, -0.2) is 28.9 Å². The van der Waals surface area contributed by atoms with Gasteiger partial charge in [-0.1, -0.05) is 6.92 Å². The van der Waals surface area contributed by atoms with E-state index in [1.54, 1.807) is 0 Å². The average Bonchev–Trinajstić information content (AvgIpc) is 1.81. The largest absolute Gasteiger partial charge is 0.393 e. The topological polar surface area (TPSA) is 66.8 Å². The zero-order valence-corrected chi connectivity index (χ0v) is 7.75. The van der Waals surface area contributed by atoms with Gasteiger partial charge in [0.1, 0.15) is 0 Å². The Morgan fingerprint density at radius 2 is 2.18 bits per heavy atom. The second-order valence-electron chi connectivity index (χ2n) is 2.50. The van der Waals surface area contributed by atoms with E-state index in [0.29, 0.717) is 6.42 Å². The minimum atomic E-state index is -3.52. The summed E-state index contributed by atoms with van der Waals surface area (Å²) < 4.78 is 15.6. The third-order valence-corrected chi connectivity index (χ3v) is 2.57. The van der Waals surface area contributed by atoms with Crippen molar-refractivity contribution < 1.29 is 19.1 Å². The molecule has 0 aromatic rings. The van der Waals surface area contributed by atoms with Crippen molar-refractivity contribution in [1.29, 1.82) is 0 Å². The summed E-state index contributed by atoms with van der Waals surface area (Å²) in [6.45, 7) is 3.57. The molecule has 0 aromatic heterocycles. The van der Waals surface area contributed by atoms with Crippen LogP contribution in [0.1, 0.15) is 20.3 Å². The quantitative estimate of drug-likeness (QED) is 0.622. The number of hydrogen-bond donors (Lipinski definition) is 2. The molecule has 0 radical (unpaired) electrons. The molecule has 0 spiro atoms. The van der Waals surface area contributed by atoms with Crippen LogP contribution in [0.15, 0.2) is 0 Å². The highest BCUT2D eigenvalue weighted by Gasteiger charge is 2.20. The van der Waals surface area contributed by atoms with Crippen molar-refractivity contribution in [2.75, 3.05) is 12.8 Å². The highest BCUT2D eigenvalue weighted by atomic mass is 31.2. The van der Waals surface area contributed by atoms with E-state index in [2.05, 4.69) is 4.52 Å². The summed E-state index contributed by atoms with van der Waals surface area (Å²) in [6, 6.07) is 0. The van der Waals surface area contributed by atoms with E-state index in [9.17, 15) is 4.57 Å². The van der Waals surface area contributed by atoms with Crippen LogP contribution in [-0.2, 0) is 9.09 Å². The molecule has 0 saturated heterocycles. The van der Waals surface area contributed by atoms with Crippen LogP contribution in [0.2, 0.25) is 0 Å². The lowest BCUT2D eigenvalue weighted by molar-refractivity contribution is 0.196. The summed E-state index contributed by atoms with van der Waals surface area (Å²) in [4.78, 5) is 8.99. The lowest BCUT2D eigenvalue weighted by Crippen LogP contribution is -2.09. The van der Waals surface area contributed by atoms with Crippen molar-refractivity contribution in [3.05, 3.63) is 0 Å². The van der Waals surface area contributed by atoms with E-state index in [-0.39, 0.29) is 12.8 Å². The van der Waals surface area contributed by atoms with Crippen LogP contribution < -0.4 is 0 Å². The van der Waals surface area contributed by atoms with Crippen molar-refractivity contribution >= 4 is 7.60 Å². The van der Waals surface area contributed by atoms with E-state index in [1.165, 1.54) is 6.92 Å². The van der Waals surface area contributed by atoms with Gasteiger partial charge in [0.15, 0.2) is 0 Å². The van der Waals surface area contributed by atoms with E-state index < -0.39 is 13.7 Å². The zero-order chi connectivity index (χ0) is 8.91. The maximum Gasteiger partial charge on any atom is 0.330 e. The highest BCUT2D eigenvalue weighted by Crippen LogP contribution is 2.42. The van der Waals surface area contributed by atoms with E-state index >= 15 is 0 Å². The molecular formula is C6H15O4P. The molecule has 0 heterocycles. The molecule has 0 fully saturated rings. The second-order valence-corrected chi connectivity index (χ2v) is 4.40. The van der Waals surface area contributed by atoms with Crippen LogP contribution in [0.4, 0.5) is 0 Å². The van der Waals surface area contributed by atoms with Crippen molar-refractivity contribution in [3.63, 3.8) is 0 Å². The van der Waals surface area contributed by atoms with Gasteiger partial charge in [-0.25, -0.2) is 0 Å². The first-order chi connectivity index (χ1) is 4.98. The Labute approximate surface area is 66.7 Å². The Morgan fingerprint density at radius 1 is 1.64 bits per heavy atom. The fourth-order valence-corrected chi connectivity index (χ4v) is 1.86. The van der Waals surface area contributed by atoms with Crippen molar-refractivity contribution in [2.45, 2.75) is 26.4 Å². The van der Waals surface area contributed by atoms with Gasteiger partial charge in [-0.05, 0) is 13.3 Å². The smallest absolute Gasteiger partial charge is 0.330 e. The Kier molecular flexibility index (Phi) is 4.93. The van der Waals surface area contributed by atoms with Gasteiger partial charge in [0.2, 0.25) is 0 Å². The fraction of sp³-hybridized carbons (Fsp3) is 1.00. The Balaban J connectivity index is 3.71. The van der Waals surface area contributed by atoms with Gasteiger partial charge in [0.05, 0.1) is 18.9 Å². The molecule has 0 saturated carbocycles. The zero-order valence-electron chi connectivity index (χ0n) is 6.86. The maximum atomic E-state index is 11.0. The third kappa shape index (κ3) is 6.51. The number of aliphatic hydroxyl groups excluding tert-OH is 1. The average molecular weight is 182 g/mol. The van der Waals surface area contributed by atoms with Gasteiger partial charge in [0.25, 0.3) is 0 Å². The van der Waals surface area contributed by atoms with Gasteiger partial charge >= 0.3 is 7.60 Å². The lowest BCUT2D eigenvalue weighted by atomic mass is 10.5. The van der Waals surface area contributed by atoms with Crippen molar-refractivity contribution in [2.24, 2.45) is 0 Å². The predicted octanol–water partition coefficient (Wildman–Crippen LogP) is 0.979. The first-order valence-electron chi connectivity index (χ1n) is 3.62. The van der Waals surface area contributed by atoms with Crippen molar-refractivity contribution in [3.8, 4) is 0 Å². The molecule has 5 heteroatoms. The molecule has 2 N–H and O–H groups in total. The van der Waals surface area contributed by atoms with Crippen LogP contribution in [0.25, 0.3) is 0 Å². The number of aliphatic hydroxyl groups is 1. The van der Waals surface area contributed by atoms with Crippen LogP contribution in [0.5, 0.6) is 0 Å². The molecule has 68 valence electrons. The molecule has 2 unspecified atom stereocenters. The van der Waals surface area contributed by atoms with E-state index in [4.69, 9.17) is 10.00 Å². The molecule has 2 atom stereocenters. The summed E-state index contributed by atoms with van der Waals surface area (Å²) in [5, 5.41) is 8.78.